The molecule has 0 saturated heterocycles. The zero-order valence-electron chi connectivity index (χ0n) is 83.8. The fourth-order valence-corrected chi connectivity index (χ4v) is 18.1. The van der Waals surface area contributed by atoms with E-state index < -0.39 is 0 Å². The third kappa shape index (κ3) is 30.5. The normalized spacial score (nSPS) is 11.4. The Hall–Kier alpha value is -12.7. The summed E-state index contributed by atoms with van der Waals surface area (Å²) in [6, 6.07) is 100.0. The van der Waals surface area contributed by atoms with Crippen molar-refractivity contribution in [3.05, 3.63) is 359 Å². The molecule has 4 N–H and O–H groups in total. The van der Waals surface area contributed by atoms with Gasteiger partial charge in [0.05, 0.1) is 45.1 Å². The smallest absolute Gasteiger partial charge is 0.155 e. The number of benzene rings is 12. The molecular formula is C123H118Ir4N4O11S-4. The van der Waals surface area contributed by atoms with Gasteiger partial charge in [-0.05, 0) is 204 Å². The zero-order chi connectivity index (χ0) is 99.6. The van der Waals surface area contributed by atoms with Gasteiger partial charge in [0.25, 0.3) is 0 Å². The Morgan fingerprint density at radius 1 is 0.301 bits per heavy atom. The number of para-hydroxylation sites is 3. The number of aromatic nitrogens is 4. The number of pyridine rings is 4. The van der Waals surface area contributed by atoms with Crippen LogP contribution in [0.15, 0.2) is 309 Å². The molecule has 742 valence electrons. The van der Waals surface area contributed by atoms with Gasteiger partial charge in [-0.15, -0.1) is 153 Å². The van der Waals surface area contributed by atoms with Crippen molar-refractivity contribution in [1.29, 1.82) is 0 Å². The van der Waals surface area contributed by atoms with Crippen LogP contribution in [0.2, 0.25) is 0 Å². The van der Waals surface area contributed by atoms with Crippen LogP contribution in [0, 0.1) is 68.7 Å². The molecular weight excluding hydrogens is 2510 g/mol. The number of fused-ring (bicyclic) bond motifs is 16. The number of aliphatic hydroxyl groups is 4. The predicted octanol–water partition coefficient (Wildman–Crippen LogP) is 32.7. The van der Waals surface area contributed by atoms with Crippen LogP contribution in [0.1, 0.15) is 150 Å². The first-order valence-corrected chi connectivity index (χ1v) is 47.7. The molecule has 20 aromatic rings. The van der Waals surface area contributed by atoms with Crippen LogP contribution in [0.4, 0.5) is 0 Å². The van der Waals surface area contributed by atoms with E-state index in [1.807, 2.05) is 84.1 Å². The van der Waals surface area contributed by atoms with E-state index in [-0.39, 0.29) is 127 Å². The van der Waals surface area contributed by atoms with E-state index >= 15 is 0 Å². The van der Waals surface area contributed by atoms with Crippen molar-refractivity contribution in [1.82, 2.24) is 19.9 Å². The first-order valence-electron chi connectivity index (χ1n) is 46.9. The van der Waals surface area contributed by atoms with Gasteiger partial charge >= 0.3 is 0 Å². The van der Waals surface area contributed by atoms with Crippen LogP contribution in [0.3, 0.4) is 0 Å². The molecule has 0 aliphatic heterocycles. The van der Waals surface area contributed by atoms with Crippen LogP contribution in [-0.2, 0) is 125 Å². The summed E-state index contributed by atoms with van der Waals surface area (Å²) in [6.07, 6.45) is 8.75. The molecule has 20 heteroatoms. The van der Waals surface area contributed by atoms with Gasteiger partial charge in [0, 0.05) is 197 Å². The van der Waals surface area contributed by atoms with Crippen molar-refractivity contribution in [3.8, 4) is 45.0 Å². The van der Waals surface area contributed by atoms with Crippen LogP contribution in [0.5, 0.6) is 0 Å². The molecule has 0 amide bonds. The molecule has 0 saturated carbocycles. The van der Waals surface area contributed by atoms with E-state index in [0.29, 0.717) is 23.7 Å². The van der Waals surface area contributed by atoms with Gasteiger partial charge in [0.1, 0.15) is 33.5 Å². The Morgan fingerprint density at radius 2 is 0.643 bits per heavy atom. The van der Waals surface area contributed by atoms with Gasteiger partial charge in [-0.1, -0.05) is 173 Å². The number of hydrogen-bond acceptors (Lipinski definition) is 16. The van der Waals surface area contributed by atoms with Crippen molar-refractivity contribution < 1.29 is 133 Å². The van der Waals surface area contributed by atoms with Crippen LogP contribution in [-0.4, -0.2) is 63.5 Å². The van der Waals surface area contributed by atoms with Crippen molar-refractivity contribution in [2.75, 3.05) is 0 Å². The van der Waals surface area contributed by atoms with E-state index in [9.17, 15) is 19.2 Å². The molecule has 0 unspecified atom stereocenters. The summed E-state index contributed by atoms with van der Waals surface area (Å²) in [7, 11) is 0. The van der Waals surface area contributed by atoms with Gasteiger partial charge in [-0.2, -0.15) is 0 Å². The number of allylic oxidation sites excluding steroid dienone is 8. The number of hydrogen-bond donors (Lipinski definition) is 4. The molecule has 0 aliphatic rings. The largest absolute Gasteiger partial charge is 0.512 e. The average molecular weight is 2630 g/mol. The van der Waals surface area contributed by atoms with Crippen molar-refractivity contribution >= 4 is 164 Å². The summed E-state index contributed by atoms with van der Waals surface area (Å²) in [6.45, 7) is 35.8. The minimum absolute atomic E-state index is 0. The van der Waals surface area contributed by atoms with E-state index in [4.69, 9.17) is 53.6 Å². The molecule has 0 fully saturated rings. The summed E-state index contributed by atoms with van der Waals surface area (Å²) >= 11 is 1.85. The first-order chi connectivity index (χ1) is 66.4. The SMILES string of the molecule is CC(=O)C=C(C)O.CC(=O)C=C(C)O.CC(=O)C=C(C)O.CC(=O)C=C(C)O.CC(C)Cc1cc(-c2[c-]cccc2)nc2cc3sc4ccccc4c3cc12.Cc1c[c-]c(-c2cc(CC(C)C)c3cc4c(cc3n2)oc2ccccc24)cc1.Cc1cc[c-]c(-c2cc(CC(C)C)c3cc4c(cc3n2)oc2ccccc24)c1.Cc1ccc[c-]c1-c1cc(CC(C)C)c2cc3c(cc2n1)oc1ccccc13.[Ir].[Ir].[Ir].[Ir]. The number of ketones is 4. The van der Waals surface area contributed by atoms with Gasteiger partial charge in [-0.25, -0.2) is 0 Å². The second-order valence-electron chi connectivity index (χ2n) is 37.1. The fraction of sp³-hybridized carbons (Fsp3) is 0.220. The minimum Gasteiger partial charge on any atom is -0.512 e. The quantitative estimate of drug-likeness (QED) is 0.0400. The molecule has 0 atom stereocenters. The van der Waals surface area contributed by atoms with E-state index in [1.165, 1.54) is 160 Å². The molecule has 20 rings (SSSR count). The second-order valence-corrected chi connectivity index (χ2v) is 38.1. The maximum atomic E-state index is 10.0. The number of nitrogens with zero attached hydrogens (tertiary/aromatic N) is 4. The summed E-state index contributed by atoms with van der Waals surface area (Å²) in [5, 5.41) is 48.0. The van der Waals surface area contributed by atoms with E-state index in [1.54, 1.807) is 0 Å². The number of rotatable bonds is 16. The molecule has 143 heavy (non-hydrogen) atoms. The molecule has 8 heterocycles. The number of carbonyl (C=O) groups is 4. The summed E-state index contributed by atoms with van der Waals surface area (Å²) < 4.78 is 20.9. The molecule has 12 aromatic carbocycles. The first kappa shape index (κ1) is 114. The molecule has 8 aromatic heterocycles. The monoisotopic (exact) mass is 2630 g/mol. The summed E-state index contributed by atoms with van der Waals surface area (Å²) in [4.78, 5) is 60.0. The number of thiophene rings is 1. The third-order valence-corrected chi connectivity index (χ3v) is 23.6. The minimum atomic E-state index is -0.125. The second kappa shape index (κ2) is 52.6. The van der Waals surface area contributed by atoms with Gasteiger partial charge < -0.3 is 33.7 Å². The van der Waals surface area contributed by atoms with Crippen molar-refractivity contribution in [2.45, 2.75) is 157 Å². The third-order valence-electron chi connectivity index (χ3n) is 22.5. The zero-order valence-corrected chi connectivity index (χ0v) is 94.2. The Balaban J connectivity index is 0.000000193. The summed E-state index contributed by atoms with van der Waals surface area (Å²) in [5.41, 5.74) is 26.6. The fourth-order valence-electron chi connectivity index (χ4n) is 17.0. The van der Waals surface area contributed by atoms with Crippen LogP contribution < -0.4 is 0 Å². The summed E-state index contributed by atoms with van der Waals surface area (Å²) in [5.74, 6) is 2.04. The average Bonchev–Trinajstić information content (AvgIpc) is 1.65. The van der Waals surface area contributed by atoms with Gasteiger partial charge in [-0.3, -0.25) is 39.1 Å². The Bertz CT molecular complexity index is 7930. The standard InChI is InChI=1S/3C26H22NO.C25H20NS.4C5H8O2.4Ir/c1-16(2)11-19-13-23(18-8-6-7-17(3)12-18)27-24-15-26-22(14-21(19)24)20-9-4-5-10-25(20)28-26;1-16(2)12-18-13-23(19-9-5-4-8-17(19)3)27-24-15-26-22(14-21(18)24)20-10-6-7-11-25(20)28-26;1-16(2)12-19-13-23(18-10-8-17(3)9-11-18)27-24-15-26-22(14-21(19)24)20-6-4-5-7-25(20)28-26;1-16(2)12-18-13-22(17-8-4-3-5-9-17)26-23-15-25-21(14-20(18)23)19-10-6-7-11-24(19)27-25;4*1-4(6)3-5(2)7;;;;/h4-7,9-10,12-16H,11H2,1-3H3;4-8,10-11,13-16H,12H2,1-3H3;4-10,13-16H,12H2,1-3H3;3-8,10-11,13-16H,12H2,1-2H3;4*3,6H,1-2H3;;;;/q4*-1;;;;;;;;. The Morgan fingerprint density at radius 3 is 1.00 bits per heavy atom. The number of aryl methyl sites for hydroxylation is 3. The number of furan rings is 3. The van der Waals surface area contributed by atoms with Gasteiger partial charge in [0.2, 0.25) is 0 Å². The van der Waals surface area contributed by atoms with Crippen molar-refractivity contribution in [2.24, 2.45) is 23.7 Å². The maximum Gasteiger partial charge on any atom is 0.155 e. The van der Waals surface area contributed by atoms with Crippen LogP contribution >= 0.6 is 11.3 Å². The molecule has 0 aliphatic carbocycles. The van der Waals surface area contributed by atoms with E-state index in [0.717, 1.165) is 159 Å². The van der Waals surface area contributed by atoms with Crippen LogP contribution in [0.25, 0.3) is 175 Å². The Kier molecular flexibility index (Phi) is 41.9. The molecule has 15 nitrogen and oxygen atoms in total. The number of carbonyl (C=O) groups excluding carboxylic acids is 4. The van der Waals surface area contributed by atoms with E-state index in [2.05, 4.69) is 276 Å². The molecule has 4 radical (unpaired) electrons. The Labute approximate surface area is 894 Å². The predicted molar refractivity (Wildman–Crippen MR) is 575 cm³/mol. The topological polar surface area (TPSA) is 240 Å². The van der Waals surface area contributed by atoms with Gasteiger partial charge in [0.15, 0.2) is 23.1 Å². The molecule has 0 spiro atoms. The molecule has 0 bridgehead atoms. The maximum absolute atomic E-state index is 10.0. The van der Waals surface area contributed by atoms with Crippen molar-refractivity contribution in [3.63, 3.8) is 0 Å². The number of aliphatic hydroxyl groups excluding tert-OH is 4.